The van der Waals surface area contributed by atoms with E-state index in [-0.39, 0.29) is 0 Å². The molecule has 0 radical (unpaired) electrons. The van der Waals surface area contributed by atoms with E-state index in [9.17, 15) is 4.79 Å². The number of Topliss-reactive ketones (excluding diaryl/α,β-unsaturated/α-hetero) is 1. The van der Waals surface area contributed by atoms with Crippen molar-refractivity contribution in [2.75, 3.05) is 13.1 Å². The van der Waals surface area contributed by atoms with E-state index in [0.717, 1.165) is 38.9 Å². The van der Waals surface area contributed by atoms with Crippen molar-refractivity contribution in [3.8, 4) is 0 Å². The fourth-order valence-electron chi connectivity index (χ4n) is 3.34. The number of benzene rings is 1. The van der Waals surface area contributed by atoms with Gasteiger partial charge >= 0.3 is 0 Å². The molecule has 100 valence electrons. The van der Waals surface area contributed by atoms with E-state index in [1.807, 2.05) is 0 Å². The van der Waals surface area contributed by atoms with Gasteiger partial charge in [0.25, 0.3) is 0 Å². The lowest BCUT2D eigenvalue weighted by molar-refractivity contribution is -0.119. The maximum atomic E-state index is 11.7. The number of carbonyl (C=O) groups excluding carboxylic acids is 1. The molecule has 0 N–H and O–H groups in total. The first-order valence-electron chi connectivity index (χ1n) is 7.21. The molecule has 1 aromatic rings. The van der Waals surface area contributed by atoms with Crippen LogP contribution >= 0.6 is 0 Å². The summed E-state index contributed by atoms with van der Waals surface area (Å²) >= 11 is 0. The Morgan fingerprint density at radius 1 is 1.26 bits per heavy atom. The minimum absolute atomic E-state index is 0.433. The highest BCUT2D eigenvalue weighted by Gasteiger charge is 2.28. The monoisotopic (exact) mass is 255 g/mol. The van der Waals surface area contributed by atoms with Crippen LogP contribution < -0.4 is 0 Å². The summed E-state index contributed by atoms with van der Waals surface area (Å²) in [6.45, 7) is 5.38. The van der Waals surface area contributed by atoms with Gasteiger partial charge in [0, 0.05) is 32.5 Å². The highest BCUT2D eigenvalue weighted by Crippen LogP contribution is 2.33. The Morgan fingerprint density at radius 3 is 2.84 bits per heavy atom. The van der Waals surface area contributed by atoms with E-state index in [2.05, 4.69) is 42.2 Å². The van der Waals surface area contributed by atoms with Gasteiger partial charge in [0.1, 0.15) is 5.78 Å². The smallest absolute Gasteiger partial charge is 0.137 e. The molecule has 1 aromatic carbocycles. The molecule has 3 rings (SSSR count). The van der Waals surface area contributed by atoms with Crippen LogP contribution in [-0.4, -0.2) is 23.8 Å². The second kappa shape index (κ2) is 5.30. The number of carbonyl (C=O) groups is 1. The van der Waals surface area contributed by atoms with Crippen molar-refractivity contribution < 1.29 is 4.79 Å². The standard InChI is InChI=1S/C17H21NO/c1-13-9-16(19)10-15-7-8-18(12-17(13)15)11-14-5-3-2-4-6-14/h2-6,13H,7-12H2,1H3/t13-/m0/s1. The van der Waals surface area contributed by atoms with E-state index in [0.29, 0.717) is 11.7 Å². The normalized spacial score (nSPS) is 24.5. The topological polar surface area (TPSA) is 20.3 Å². The average Bonchev–Trinajstić information content (AvgIpc) is 2.40. The molecule has 0 saturated carbocycles. The van der Waals surface area contributed by atoms with E-state index in [1.54, 1.807) is 5.57 Å². The predicted molar refractivity (Wildman–Crippen MR) is 76.8 cm³/mol. The molecule has 0 amide bonds. The molecule has 0 fully saturated rings. The highest BCUT2D eigenvalue weighted by molar-refractivity contribution is 5.83. The maximum Gasteiger partial charge on any atom is 0.137 e. The molecule has 1 aliphatic heterocycles. The first-order chi connectivity index (χ1) is 9.22. The Balaban J connectivity index is 1.71. The van der Waals surface area contributed by atoms with Gasteiger partial charge in [0.2, 0.25) is 0 Å². The van der Waals surface area contributed by atoms with Crippen LogP contribution in [0.4, 0.5) is 0 Å². The summed E-state index contributed by atoms with van der Waals surface area (Å²) in [7, 11) is 0. The molecule has 19 heavy (non-hydrogen) atoms. The average molecular weight is 255 g/mol. The summed E-state index contributed by atoms with van der Waals surface area (Å²) < 4.78 is 0. The van der Waals surface area contributed by atoms with Gasteiger partial charge in [0.15, 0.2) is 0 Å². The number of ketones is 1. The lowest BCUT2D eigenvalue weighted by atomic mass is 9.80. The number of hydrogen-bond acceptors (Lipinski definition) is 2. The molecule has 0 unspecified atom stereocenters. The Hall–Kier alpha value is -1.41. The summed E-state index contributed by atoms with van der Waals surface area (Å²) in [5, 5.41) is 0. The van der Waals surface area contributed by atoms with E-state index < -0.39 is 0 Å². The van der Waals surface area contributed by atoms with E-state index in [1.165, 1.54) is 11.1 Å². The van der Waals surface area contributed by atoms with Crippen molar-refractivity contribution in [3.63, 3.8) is 0 Å². The molecule has 0 saturated heterocycles. The SMILES string of the molecule is C[C@H]1CC(=O)CC2=C1CN(Cc1ccccc1)CC2. The second-order valence-electron chi connectivity index (χ2n) is 5.90. The molecule has 0 spiro atoms. The van der Waals surface area contributed by atoms with Crippen molar-refractivity contribution in [2.24, 2.45) is 5.92 Å². The summed E-state index contributed by atoms with van der Waals surface area (Å²) in [5.41, 5.74) is 4.36. The lowest BCUT2D eigenvalue weighted by Gasteiger charge is -2.36. The van der Waals surface area contributed by atoms with Gasteiger partial charge in [-0.25, -0.2) is 0 Å². The Labute approximate surface area is 115 Å². The maximum absolute atomic E-state index is 11.7. The molecule has 1 atom stereocenters. The van der Waals surface area contributed by atoms with Crippen LogP contribution in [0, 0.1) is 5.92 Å². The van der Waals surface area contributed by atoms with E-state index in [4.69, 9.17) is 0 Å². The molecule has 0 aromatic heterocycles. The molecule has 1 heterocycles. The molecule has 2 aliphatic rings. The zero-order chi connectivity index (χ0) is 13.2. The Morgan fingerprint density at radius 2 is 2.05 bits per heavy atom. The van der Waals surface area contributed by atoms with Gasteiger partial charge in [0.05, 0.1) is 0 Å². The number of nitrogens with zero attached hydrogens (tertiary/aromatic N) is 1. The molecular weight excluding hydrogens is 234 g/mol. The van der Waals surface area contributed by atoms with Gasteiger partial charge in [-0.1, -0.05) is 48.4 Å². The fraction of sp³-hybridized carbons (Fsp3) is 0.471. The number of hydrogen-bond donors (Lipinski definition) is 0. The third-order valence-electron chi connectivity index (χ3n) is 4.37. The Bertz CT molecular complexity index is 503. The van der Waals surface area contributed by atoms with Gasteiger partial charge < -0.3 is 0 Å². The zero-order valence-electron chi connectivity index (χ0n) is 11.6. The molecule has 0 bridgehead atoms. The minimum Gasteiger partial charge on any atom is -0.299 e. The van der Waals surface area contributed by atoms with Crippen molar-refractivity contribution in [2.45, 2.75) is 32.7 Å². The highest BCUT2D eigenvalue weighted by atomic mass is 16.1. The summed E-state index contributed by atoms with van der Waals surface area (Å²) in [4.78, 5) is 14.2. The van der Waals surface area contributed by atoms with Crippen molar-refractivity contribution in [1.29, 1.82) is 0 Å². The van der Waals surface area contributed by atoms with Crippen molar-refractivity contribution in [3.05, 3.63) is 47.0 Å². The van der Waals surface area contributed by atoms with Gasteiger partial charge in [-0.15, -0.1) is 0 Å². The quantitative estimate of drug-likeness (QED) is 0.756. The van der Waals surface area contributed by atoms with Crippen LogP contribution in [0.2, 0.25) is 0 Å². The molecule has 2 heteroatoms. The zero-order valence-corrected chi connectivity index (χ0v) is 11.6. The van der Waals surface area contributed by atoms with Crippen molar-refractivity contribution in [1.82, 2.24) is 4.90 Å². The summed E-state index contributed by atoms with van der Waals surface area (Å²) in [5.74, 6) is 0.887. The third kappa shape index (κ3) is 2.79. The minimum atomic E-state index is 0.433. The van der Waals surface area contributed by atoms with Crippen LogP contribution in [0.5, 0.6) is 0 Å². The van der Waals surface area contributed by atoms with Crippen LogP contribution in [0.1, 0.15) is 31.7 Å². The van der Waals surface area contributed by atoms with Gasteiger partial charge in [-0.3, -0.25) is 9.69 Å². The summed E-state index contributed by atoms with van der Waals surface area (Å²) in [6.07, 6.45) is 2.55. The van der Waals surface area contributed by atoms with Crippen LogP contribution in [0.25, 0.3) is 0 Å². The van der Waals surface area contributed by atoms with Crippen LogP contribution in [0.3, 0.4) is 0 Å². The first-order valence-corrected chi connectivity index (χ1v) is 7.21. The predicted octanol–water partition coefficient (Wildman–Crippen LogP) is 3.19. The Kier molecular flexibility index (Phi) is 3.52. The number of rotatable bonds is 2. The lowest BCUT2D eigenvalue weighted by Crippen LogP contribution is -2.35. The molecule has 2 nitrogen and oxygen atoms in total. The summed E-state index contributed by atoms with van der Waals surface area (Å²) in [6, 6.07) is 10.7. The molecular formula is C17H21NO. The molecule has 1 aliphatic carbocycles. The van der Waals surface area contributed by atoms with Crippen LogP contribution in [-0.2, 0) is 11.3 Å². The second-order valence-corrected chi connectivity index (χ2v) is 5.90. The van der Waals surface area contributed by atoms with Gasteiger partial charge in [-0.2, -0.15) is 0 Å². The van der Waals surface area contributed by atoms with Gasteiger partial charge in [-0.05, 0) is 17.9 Å². The largest absolute Gasteiger partial charge is 0.299 e. The third-order valence-corrected chi connectivity index (χ3v) is 4.37. The van der Waals surface area contributed by atoms with Crippen LogP contribution in [0.15, 0.2) is 41.5 Å². The van der Waals surface area contributed by atoms with Crippen molar-refractivity contribution >= 4 is 5.78 Å². The fourth-order valence-corrected chi connectivity index (χ4v) is 3.34. The first kappa shape index (κ1) is 12.6. The van der Waals surface area contributed by atoms with E-state index >= 15 is 0 Å².